The van der Waals surface area contributed by atoms with Crippen LogP contribution in [0.3, 0.4) is 0 Å². The SMILES string of the molecule is C[C@H](Oc1cc(-c2cnn(C(=O)OC(C)(C)C)c2)nc(-c2noc3c2CCC[C@@]32CCCCC2O)n1)[C@@H]1CCCN1C. The van der Waals surface area contributed by atoms with Crippen molar-refractivity contribution in [3.05, 3.63) is 29.8 Å². The third-order valence-electron chi connectivity index (χ3n) is 9.08. The fourth-order valence-electron chi connectivity index (χ4n) is 6.98. The van der Waals surface area contributed by atoms with E-state index in [0.717, 1.165) is 75.7 Å². The van der Waals surface area contributed by atoms with Crippen molar-refractivity contribution in [1.82, 2.24) is 29.8 Å². The Balaban J connectivity index is 1.39. The lowest BCUT2D eigenvalue weighted by Crippen LogP contribution is -2.44. The molecule has 1 saturated heterocycles. The molecule has 0 aromatic carbocycles. The van der Waals surface area contributed by atoms with E-state index in [1.165, 1.54) is 4.68 Å². The molecule has 4 heterocycles. The van der Waals surface area contributed by atoms with Crippen molar-refractivity contribution >= 4 is 6.09 Å². The van der Waals surface area contributed by atoms with E-state index in [4.69, 9.17) is 24.0 Å². The van der Waals surface area contributed by atoms with Gasteiger partial charge in [0.05, 0.1) is 23.4 Å². The summed E-state index contributed by atoms with van der Waals surface area (Å²) in [4.78, 5) is 24.7. The van der Waals surface area contributed by atoms with Gasteiger partial charge in [-0.1, -0.05) is 18.0 Å². The van der Waals surface area contributed by atoms with Crippen LogP contribution >= 0.6 is 0 Å². The largest absolute Gasteiger partial charge is 0.473 e. The zero-order chi connectivity index (χ0) is 29.6. The van der Waals surface area contributed by atoms with Crippen LogP contribution in [-0.4, -0.2) is 78.4 Å². The molecule has 0 radical (unpaired) electrons. The lowest BCUT2D eigenvalue weighted by Gasteiger charge is -2.42. The number of aliphatic hydroxyl groups is 1. The molecular weight excluding hydrogens is 536 g/mol. The van der Waals surface area contributed by atoms with Crippen LogP contribution in [0.4, 0.5) is 4.79 Å². The lowest BCUT2D eigenvalue weighted by molar-refractivity contribution is 0.0149. The summed E-state index contributed by atoms with van der Waals surface area (Å²) in [5, 5.41) is 19.8. The van der Waals surface area contributed by atoms with Gasteiger partial charge in [0.15, 0.2) is 11.5 Å². The monoisotopic (exact) mass is 578 g/mol. The molecule has 11 nitrogen and oxygen atoms in total. The fourth-order valence-corrected chi connectivity index (χ4v) is 6.98. The summed E-state index contributed by atoms with van der Waals surface area (Å²) in [5.41, 5.74) is 1.68. The molecular formula is C31H42N6O5. The van der Waals surface area contributed by atoms with Crippen molar-refractivity contribution in [2.24, 2.45) is 0 Å². The Morgan fingerprint density at radius 3 is 2.71 bits per heavy atom. The molecule has 1 N–H and O–H groups in total. The highest BCUT2D eigenvalue weighted by molar-refractivity contribution is 5.72. The Morgan fingerprint density at radius 1 is 1.17 bits per heavy atom. The predicted octanol–water partition coefficient (Wildman–Crippen LogP) is 5.15. The zero-order valence-electron chi connectivity index (χ0n) is 25.3. The second kappa shape index (κ2) is 11.1. The number of rotatable bonds is 5. The molecule has 3 aromatic rings. The van der Waals surface area contributed by atoms with Gasteiger partial charge in [-0.2, -0.15) is 14.8 Å². The lowest BCUT2D eigenvalue weighted by atomic mass is 9.63. The highest BCUT2D eigenvalue weighted by atomic mass is 16.6. The number of nitrogens with zero attached hydrogens (tertiary/aromatic N) is 6. The van der Waals surface area contributed by atoms with Crippen LogP contribution < -0.4 is 4.74 Å². The van der Waals surface area contributed by atoms with E-state index in [1.54, 1.807) is 18.5 Å². The summed E-state index contributed by atoms with van der Waals surface area (Å²) in [5.74, 6) is 1.60. The first-order valence-electron chi connectivity index (χ1n) is 15.3. The molecule has 2 fully saturated rings. The number of likely N-dealkylation sites (N-methyl/N-ethyl adjacent to an activating group) is 1. The first kappa shape index (κ1) is 28.8. The Bertz CT molecular complexity index is 1440. The number of aromatic nitrogens is 5. The Labute approximate surface area is 246 Å². The molecule has 11 heteroatoms. The van der Waals surface area contributed by atoms with E-state index < -0.39 is 23.2 Å². The first-order chi connectivity index (χ1) is 20.0. The highest BCUT2D eigenvalue weighted by Gasteiger charge is 2.48. The summed E-state index contributed by atoms with van der Waals surface area (Å²) in [6.07, 6.45) is 10.6. The smallest absolute Gasteiger partial charge is 0.435 e. The molecule has 1 unspecified atom stereocenters. The number of fused-ring (bicyclic) bond motifs is 2. The quantitative estimate of drug-likeness (QED) is 0.434. The molecule has 6 rings (SSSR count). The van der Waals surface area contributed by atoms with E-state index in [9.17, 15) is 9.90 Å². The van der Waals surface area contributed by atoms with Gasteiger partial charge in [-0.05, 0) is 86.2 Å². The van der Waals surface area contributed by atoms with Crippen molar-refractivity contribution in [1.29, 1.82) is 0 Å². The Hall–Kier alpha value is -3.31. The van der Waals surface area contributed by atoms with Gasteiger partial charge in [0.2, 0.25) is 5.88 Å². The summed E-state index contributed by atoms with van der Waals surface area (Å²) in [6.45, 7) is 8.55. The van der Waals surface area contributed by atoms with Crippen molar-refractivity contribution in [3.63, 3.8) is 0 Å². The number of carbonyl (C=O) groups excluding carboxylic acids is 1. The number of aliphatic hydroxyl groups excluding tert-OH is 1. The Morgan fingerprint density at radius 2 is 1.98 bits per heavy atom. The first-order valence-corrected chi connectivity index (χ1v) is 15.3. The number of ether oxygens (including phenoxy) is 2. The molecule has 0 bridgehead atoms. The summed E-state index contributed by atoms with van der Waals surface area (Å²) >= 11 is 0. The van der Waals surface area contributed by atoms with Gasteiger partial charge in [-0.3, -0.25) is 4.90 Å². The van der Waals surface area contributed by atoms with Gasteiger partial charge < -0.3 is 19.1 Å². The molecule has 1 spiro atoms. The fraction of sp³-hybridized carbons (Fsp3) is 0.645. The number of hydrogen-bond acceptors (Lipinski definition) is 10. The third kappa shape index (κ3) is 5.44. The molecule has 2 aliphatic carbocycles. The van der Waals surface area contributed by atoms with E-state index >= 15 is 0 Å². The molecule has 0 amide bonds. The predicted molar refractivity (Wildman–Crippen MR) is 155 cm³/mol. The van der Waals surface area contributed by atoms with Gasteiger partial charge in [0.25, 0.3) is 0 Å². The summed E-state index contributed by atoms with van der Waals surface area (Å²) < 4.78 is 19.1. The Kier molecular flexibility index (Phi) is 7.59. The van der Waals surface area contributed by atoms with Crippen LogP contribution in [0.25, 0.3) is 22.8 Å². The van der Waals surface area contributed by atoms with Gasteiger partial charge in [-0.25, -0.2) is 9.78 Å². The van der Waals surface area contributed by atoms with Gasteiger partial charge in [-0.15, -0.1) is 0 Å². The molecule has 1 aliphatic heterocycles. The molecule has 3 aromatic heterocycles. The van der Waals surface area contributed by atoms with Crippen molar-refractivity contribution in [2.45, 2.75) is 115 Å². The second-order valence-corrected chi connectivity index (χ2v) is 13.2. The molecule has 3 aliphatic rings. The van der Waals surface area contributed by atoms with Crippen LogP contribution in [-0.2, 0) is 16.6 Å². The summed E-state index contributed by atoms with van der Waals surface area (Å²) in [7, 11) is 2.12. The minimum absolute atomic E-state index is 0.0931. The summed E-state index contributed by atoms with van der Waals surface area (Å²) in [6, 6.07) is 2.07. The molecule has 1 saturated carbocycles. The molecule has 226 valence electrons. The second-order valence-electron chi connectivity index (χ2n) is 13.2. The van der Waals surface area contributed by atoms with Crippen LogP contribution in [0.5, 0.6) is 5.88 Å². The average Bonchev–Trinajstić information content (AvgIpc) is 3.69. The van der Waals surface area contributed by atoms with Crippen molar-refractivity contribution in [3.8, 4) is 28.7 Å². The van der Waals surface area contributed by atoms with Gasteiger partial charge in [0, 0.05) is 29.4 Å². The zero-order valence-corrected chi connectivity index (χ0v) is 25.3. The van der Waals surface area contributed by atoms with Crippen LogP contribution in [0.1, 0.15) is 90.4 Å². The van der Waals surface area contributed by atoms with Crippen LogP contribution in [0.2, 0.25) is 0 Å². The molecule has 42 heavy (non-hydrogen) atoms. The topological polar surface area (TPSA) is 129 Å². The van der Waals surface area contributed by atoms with Gasteiger partial charge >= 0.3 is 6.09 Å². The van der Waals surface area contributed by atoms with E-state index in [0.29, 0.717) is 28.7 Å². The van der Waals surface area contributed by atoms with Crippen molar-refractivity contribution in [2.75, 3.05) is 13.6 Å². The maximum atomic E-state index is 12.7. The minimum atomic E-state index is -0.648. The standard InChI is InChI=1S/C31H42N6O5/c1-19(23-11-9-15-36(23)5)40-25-16-22(20-17-32-37(18-20)29(39)41-30(2,3)4)33-28(34-25)26-21-10-8-14-31(27(21)42-35-26)13-7-6-12-24(31)38/h16-19,23-24,38H,6-15H2,1-5H3/t19-,23-,24?,31+/m0/s1. The minimum Gasteiger partial charge on any atom is -0.473 e. The van der Waals surface area contributed by atoms with E-state index in [2.05, 4.69) is 29.1 Å². The normalized spacial score (nSPS) is 25.4. The molecule has 4 atom stereocenters. The van der Waals surface area contributed by atoms with E-state index in [-0.39, 0.29) is 12.1 Å². The number of hydrogen-bond donors (Lipinski definition) is 1. The van der Waals surface area contributed by atoms with Crippen molar-refractivity contribution < 1.29 is 23.9 Å². The third-order valence-corrected chi connectivity index (χ3v) is 9.08. The maximum Gasteiger partial charge on any atom is 0.435 e. The van der Waals surface area contributed by atoms with Crippen LogP contribution in [0, 0.1) is 0 Å². The average molecular weight is 579 g/mol. The number of carbonyl (C=O) groups is 1. The van der Waals surface area contributed by atoms with Gasteiger partial charge in [0.1, 0.15) is 17.5 Å². The maximum absolute atomic E-state index is 12.7. The van der Waals surface area contributed by atoms with E-state index in [1.807, 2.05) is 20.8 Å². The number of likely N-dealkylation sites (tertiary alicyclic amines) is 1. The highest BCUT2D eigenvalue weighted by Crippen LogP contribution is 2.49. The van der Waals surface area contributed by atoms with Crippen LogP contribution in [0.15, 0.2) is 23.0 Å².